The van der Waals surface area contributed by atoms with Crippen LogP contribution >= 0.6 is 0 Å². The van der Waals surface area contributed by atoms with E-state index in [4.69, 9.17) is 4.74 Å². The normalized spacial score (nSPS) is 10.4. The Morgan fingerprint density at radius 1 is 1.24 bits per heavy atom. The number of rotatable bonds is 5. The number of carbonyl (C=O) groups excluding carboxylic acids is 1. The van der Waals surface area contributed by atoms with Crippen molar-refractivity contribution in [2.75, 3.05) is 11.9 Å². The zero-order valence-electron chi connectivity index (χ0n) is 11.9. The second-order valence-corrected chi connectivity index (χ2v) is 4.99. The quantitative estimate of drug-likeness (QED) is 0.881. The first-order valence-corrected chi connectivity index (χ1v) is 6.64. The molecule has 21 heavy (non-hydrogen) atoms. The SMILES string of the molecule is CC(C)COc1ccc(NC(=O)c2ccc(=O)[nH]n2)cc1. The van der Waals surface area contributed by atoms with Gasteiger partial charge in [-0.3, -0.25) is 9.59 Å². The third kappa shape index (κ3) is 4.45. The molecule has 0 bridgehead atoms. The minimum absolute atomic E-state index is 0.148. The van der Waals surface area contributed by atoms with Crippen LogP contribution in [0.3, 0.4) is 0 Å². The number of nitrogens with one attached hydrogen (secondary N) is 2. The smallest absolute Gasteiger partial charge is 0.276 e. The lowest BCUT2D eigenvalue weighted by atomic mass is 10.2. The highest BCUT2D eigenvalue weighted by molar-refractivity contribution is 6.02. The molecule has 0 aliphatic carbocycles. The topological polar surface area (TPSA) is 84.1 Å². The van der Waals surface area contributed by atoms with Gasteiger partial charge in [-0.05, 0) is 36.2 Å². The lowest BCUT2D eigenvalue weighted by Gasteiger charge is -2.09. The molecule has 0 aliphatic rings. The molecule has 0 saturated carbocycles. The van der Waals surface area contributed by atoms with E-state index in [-0.39, 0.29) is 17.2 Å². The lowest BCUT2D eigenvalue weighted by molar-refractivity contribution is 0.102. The number of hydrogen-bond donors (Lipinski definition) is 2. The molecule has 2 N–H and O–H groups in total. The Labute approximate surface area is 122 Å². The average Bonchev–Trinajstić information content (AvgIpc) is 2.47. The summed E-state index contributed by atoms with van der Waals surface area (Å²) < 4.78 is 5.56. The summed E-state index contributed by atoms with van der Waals surface area (Å²) >= 11 is 0. The number of ether oxygens (including phenoxy) is 1. The van der Waals surface area contributed by atoms with Crippen LogP contribution in [0.1, 0.15) is 24.3 Å². The van der Waals surface area contributed by atoms with Crippen LogP contribution in [-0.4, -0.2) is 22.7 Å². The van der Waals surface area contributed by atoms with E-state index in [0.29, 0.717) is 18.2 Å². The summed E-state index contributed by atoms with van der Waals surface area (Å²) in [7, 11) is 0. The fraction of sp³-hybridized carbons (Fsp3) is 0.267. The number of amides is 1. The van der Waals surface area contributed by atoms with E-state index < -0.39 is 0 Å². The predicted molar refractivity (Wildman–Crippen MR) is 79.6 cm³/mol. The number of anilines is 1. The molecule has 6 heteroatoms. The first kappa shape index (κ1) is 14.8. The van der Waals surface area contributed by atoms with Crippen LogP contribution in [0, 0.1) is 5.92 Å². The Bertz CT molecular complexity index is 642. The fourth-order valence-corrected chi connectivity index (χ4v) is 1.56. The van der Waals surface area contributed by atoms with Crippen molar-refractivity contribution in [3.8, 4) is 5.75 Å². The number of aromatic nitrogens is 2. The fourth-order valence-electron chi connectivity index (χ4n) is 1.56. The molecular formula is C15H17N3O3. The summed E-state index contributed by atoms with van der Waals surface area (Å²) in [6.07, 6.45) is 0. The molecule has 1 aromatic carbocycles. The molecular weight excluding hydrogens is 270 g/mol. The number of hydrogen-bond acceptors (Lipinski definition) is 4. The van der Waals surface area contributed by atoms with Crippen LogP contribution in [0.4, 0.5) is 5.69 Å². The minimum Gasteiger partial charge on any atom is -0.493 e. The van der Waals surface area contributed by atoms with Gasteiger partial charge in [0.25, 0.3) is 11.5 Å². The van der Waals surface area contributed by atoms with Crippen LogP contribution in [0.5, 0.6) is 5.75 Å². The third-order valence-corrected chi connectivity index (χ3v) is 2.61. The maximum Gasteiger partial charge on any atom is 0.276 e. The molecule has 1 heterocycles. The maximum atomic E-state index is 11.9. The monoisotopic (exact) mass is 287 g/mol. The molecule has 110 valence electrons. The Kier molecular flexibility index (Phi) is 4.71. The molecule has 1 aromatic heterocycles. The summed E-state index contributed by atoms with van der Waals surface area (Å²) in [5, 5.41) is 8.57. The largest absolute Gasteiger partial charge is 0.493 e. The van der Waals surface area contributed by atoms with E-state index in [1.165, 1.54) is 12.1 Å². The van der Waals surface area contributed by atoms with E-state index in [2.05, 4.69) is 29.4 Å². The Hall–Kier alpha value is -2.63. The van der Waals surface area contributed by atoms with Crippen LogP contribution in [0.2, 0.25) is 0 Å². The first-order valence-electron chi connectivity index (χ1n) is 6.64. The molecule has 2 rings (SSSR count). The van der Waals surface area contributed by atoms with Gasteiger partial charge in [-0.2, -0.15) is 5.10 Å². The van der Waals surface area contributed by atoms with Crippen molar-refractivity contribution < 1.29 is 9.53 Å². The van der Waals surface area contributed by atoms with Crippen molar-refractivity contribution in [1.82, 2.24) is 10.2 Å². The third-order valence-electron chi connectivity index (χ3n) is 2.61. The highest BCUT2D eigenvalue weighted by Gasteiger charge is 2.07. The maximum absolute atomic E-state index is 11.9. The standard InChI is InChI=1S/C15H17N3O3/c1-10(2)9-21-12-5-3-11(4-6-12)16-15(20)13-7-8-14(19)18-17-13/h3-8,10H,9H2,1-2H3,(H,16,20)(H,18,19). The Morgan fingerprint density at radius 3 is 2.52 bits per heavy atom. The van der Waals surface area contributed by atoms with Gasteiger partial charge in [0, 0.05) is 11.8 Å². The molecule has 0 radical (unpaired) electrons. The summed E-state index contributed by atoms with van der Waals surface area (Å²) in [5.74, 6) is 0.821. The first-order chi connectivity index (χ1) is 10.0. The molecule has 0 aliphatic heterocycles. The van der Waals surface area contributed by atoms with Crippen LogP contribution in [0.25, 0.3) is 0 Å². The van der Waals surface area contributed by atoms with Gasteiger partial charge in [0.2, 0.25) is 0 Å². The van der Waals surface area contributed by atoms with Gasteiger partial charge in [0.1, 0.15) is 11.4 Å². The van der Waals surface area contributed by atoms with Gasteiger partial charge in [-0.15, -0.1) is 0 Å². The second-order valence-electron chi connectivity index (χ2n) is 4.99. The highest BCUT2D eigenvalue weighted by Crippen LogP contribution is 2.16. The van der Waals surface area contributed by atoms with Crippen molar-refractivity contribution >= 4 is 11.6 Å². The molecule has 0 spiro atoms. The molecule has 1 amide bonds. The Morgan fingerprint density at radius 2 is 1.95 bits per heavy atom. The van der Waals surface area contributed by atoms with Gasteiger partial charge in [-0.25, -0.2) is 5.10 Å². The number of benzene rings is 1. The molecule has 0 atom stereocenters. The number of carbonyl (C=O) groups is 1. The molecule has 0 fully saturated rings. The number of H-pyrrole nitrogens is 1. The van der Waals surface area contributed by atoms with E-state index in [0.717, 1.165) is 5.75 Å². The molecule has 6 nitrogen and oxygen atoms in total. The zero-order valence-corrected chi connectivity index (χ0v) is 11.9. The molecule has 0 saturated heterocycles. The second kappa shape index (κ2) is 6.69. The highest BCUT2D eigenvalue weighted by atomic mass is 16.5. The van der Waals surface area contributed by atoms with Crippen molar-refractivity contribution in [2.24, 2.45) is 5.92 Å². The Balaban J connectivity index is 1.98. The van der Waals surface area contributed by atoms with Gasteiger partial charge >= 0.3 is 0 Å². The summed E-state index contributed by atoms with van der Waals surface area (Å²) in [6.45, 7) is 4.80. The van der Waals surface area contributed by atoms with Crippen LogP contribution in [0.15, 0.2) is 41.2 Å². The summed E-state index contributed by atoms with van der Waals surface area (Å²) in [4.78, 5) is 22.8. The average molecular weight is 287 g/mol. The lowest BCUT2D eigenvalue weighted by Crippen LogP contribution is -2.17. The molecule has 2 aromatic rings. The van der Waals surface area contributed by atoms with E-state index in [1.54, 1.807) is 24.3 Å². The van der Waals surface area contributed by atoms with E-state index in [1.807, 2.05) is 0 Å². The zero-order chi connectivity index (χ0) is 15.2. The minimum atomic E-state index is -0.387. The van der Waals surface area contributed by atoms with E-state index >= 15 is 0 Å². The van der Waals surface area contributed by atoms with Crippen molar-refractivity contribution in [3.63, 3.8) is 0 Å². The van der Waals surface area contributed by atoms with Crippen molar-refractivity contribution in [1.29, 1.82) is 0 Å². The van der Waals surface area contributed by atoms with Gasteiger partial charge in [-0.1, -0.05) is 13.8 Å². The van der Waals surface area contributed by atoms with Crippen molar-refractivity contribution in [3.05, 3.63) is 52.4 Å². The predicted octanol–water partition coefficient (Wildman–Crippen LogP) is 2.06. The van der Waals surface area contributed by atoms with Crippen LogP contribution < -0.4 is 15.6 Å². The van der Waals surface area contributed by atoms with Gasteiger partial charge in [0.15, 0.2) is 0 Å². The number of nitrogens with zero attached hydrogens (tertiary/aromatic N) is 1. The molecule has 0 unspecified atom stereocenters. The van der Waals surface area contributed by atoms with Gasteiger partial charge < -0.3 is 10.1 Å². The van der Waals surface area contributed by atoms with Gasteiger partial charge in [0.05, 0.1) is 6.61 Å². The summed E-state index contributed by atoms with van der Waals surface area (Å²) in [5.41, 5.74) is 0.429. The van der Waals surface area contributed by atoms with Crippen molar-refractivity contribution in [2.45, 2.75) is 13.8 Å². The summed E-state index contributed by atoms with van der Waals surface area (Å²) in [6, 6.07) is 9.70. The number of aromatic amines is 1. The van der Waals surface area contributed by atoms with E-state index in [9.17, 15) is 9.59 Å². The van der Waals surface area contributed by atoms with Crippen LogP contribution in [-0.2, 0) is 0 Å².